The van der Waals surface area contributed by atoms with E-state index in [1.807, 2.05) is 4.90 Å². The second-order valence-corrected chi connectivity index (χ2v) is 7.35. The van der Waals surface area contributed by atoms with Crippen molar-refractivity contribution in [1.82, 2.24) is 4.90 Å². The highest BCUT2D eigenvalue weighted by Gasteiger charge is 2.22. The van der Waals surface area contributed by atoms with Gasteiger partial charge in [0.05, 0.1) is 22.3 Å². The van der Waals surface area contributed by atoms with Crippen molar-refractivity contribution in [3.05, 3.63) is 57.6 Å². The van der Waals surface area contributed by atoms with Crippen molar-refractivity contribution >= 4 is 40.5 Å². The Labute approximate surface area is 164 Å². The van der Waals surface area contributed by atoms with E-state index in [1.54, 1.807) is 18.2 Å². The van der Waals surface area contributed by atoms with E-state index < -0.39 is 0 Å². The summed E-state index contributed by atoms with van der Waals surface area (Å²) in [5.74, 6) is 0.0570. The summed E-state index contributed by atoms with van der Waals surface area (Å²) in [5, 5.41) is 4.11. The van der Waals surface area contributed by atoms with Crippen molar-refractivity contribution in [2.24, 2.45) is 0 Å². The number of halogens is 2. The Hall–Kier alpha value is -1.91. The van der Waals surface area contributed by atoms with Gasteiger partial charge in [0, 0.05) is 31.9 Å². The van der Waals surface area contributed by atoms with E-state index in [2.05, 4.69) is 42.3 Å². The fourth-order valence-electron chi connectivity index (χ4n) is 3.22. The third-order valence-electron chi connectivity index (χ3n) is 4.93. The van der Waals surface area contributed by atoms with Crippen LogP contribution in [-0.2, 0) is 4.79 Å². The number of benzene rings is 2. The summed E-state index contributed by atoms with van der Waals surface area (Å²) in [7, 11) is 0. The molecule has 0 unspecified atom stereocenters. The van der Waals surface area contributed by atoms with Crippen LogP contribution in [0.1, 0.15) is 11.1 Å². The number of carbonyl (C=O) groups excluding carboxylic acids is 1. The molecule has 138 valence electrons. The standard InChI is InChI=1S/C20H23Cl2N3O/c1-14-5-3-8-18(15(14)2)24-9-11-25(12-10-24)19(26)13-23-20-16(21)6-4-7-17(20)22/h3-8,23H,9-13H2,1-2H3. The Morgan fingerprint density at radius 2 is 1.62 bits per heavy atom. The normalized spacial score (nSPS) is 14.5. The topological polar surface area (TPSA) is 35.6 Å². The van der Waals surface area contributed by atoms with Crippen molar-refractivity contribution in [2.45, 2.75) is 13.8 Å². The van der Waals surface area contributed by atoms with Crippen molar-refractivity contribution in [3.8, 4) is 0 Å². The minimum Gasteiger partial charge on any atom is -0.374 e. The Kier molecular flexibility index (Phi) is 5.94. The third-order valence-corrected chi connectivity index (χ3v) is 5.56. The van der Waals surface area contributed by atoms with Gasteiger partial charge in [0.1, 0.15) is 0 Å². The SMILES string of the molecule is Cc1cccc(N2CCN(C(=O)CNc3c(Cl)cccc3Cl)CC2)c1C. The van der Waals surface area contributed by atoms with E-state index in [0.29, 0.717) is 28.8 Å². The highest BCUT2D eigenvalue weighted by Crippen LogP contribution is 2.29. The fourth-order valence-corrected chi connectivity index (χ4v) is 3.75. The Morgan fingerprint density at radius 1 is 1.00 bits per heavy atom. The molecule has 0 aliphatic carbocycles. The Morgan fingerprint density at radius 3 is 2.27 bits per heavy atom. The van der Waals surface area contributed by atoms with E-state index >= 15 is 0 Å². The second kappa shape index (κ2) is 8.19. The van der Waals surface area contributed by atoms with Crippen LogP contribution >= 0.6 is 23.2 Å². The van der Waals surface area contributed by atoms with Crippen LogP contribution in [0.15, 0.2) is 36.4 Å². The predicted molar refractivity (Wildman–Crippen MR) is 110 cm³/mol. The molecule has 26 heavy (non-hydrogen) atoms. The molecule has 0 radical (unpaired) electrons. The van der Waals surface area contributed by atoms with Crippen LogP contribution in [0.25, 0.3) is 0 Å². The molecule has 1 heterocycles. The summed E-state index contributed by atoms with van der Waals surface area (Å²) in [4.78, 5) is 16.8. The zero-order valence-corrected chi connectivity index (χ0v) is 16.6. The van der Waals surface area contributed by atoms with Crippen LogP contribution in [0.4, 0.5) is 11.4 Å². The molecule has 0 saturated carbocycles. The number of amides is 1. The maximum atomic E-state index is 12.5. The first-order valence-electron chi connectivity index (χ1n) is 8.74. The summed E-state index contributed by atoms with van der Waals surface area (Å²) in [6.07, 6.45) is 0. The molecule has 6 heteroatoms. The molecule has 1 N–H and O–H groups in total. The molecule has 1 aliphatic heterocycles. The van der Waals surface area contributed by atoms with Gasteiger partial charge in [0.2, 0.25) is 5.91 Å². The Bertz CT molecular complexity index is 781. The summed E-state index contributed by atoms with van der Waals surface area (Å²) < 4.78 is 0. The van der Waals surface area contributed by atoms with Gasteiger partial charge >= 0.3 is 0 Å². The smallest absolute Gasteiger partial charge is 0.241 e. The molecule has 1 aliphatic rings. The van der Waals surface area contributed by atoms with Crippen LogP contribution in [0.3, 0.4) is 0 Å². The number of carbonyl (C=O) groups is 1. The summed E-state index contributed by atoms with van der Waals surface area (Å²) in [5.41, 5.74) is 4.47. The zero-order chi connectivity index (χ0) is 18.7. The molecular weight excluding hydrogens is 369 g/mol. The number of hydrogen-bond donors (Lipinski definition) is 1. The van der Waals surface area contributed by atoms with Gasteiger partial charge in [-0.1, -0.05) is 41.4 Å². The van der Waals surface area contributed by atoms with Crippen LogP contribution < -0.4 is 10.2 Å². The van der Waals surface area contributed by atoms with E-state index in [-0.39, 0.29) is 12.5 Å². The quantitative estimate of drug-likeness (QED) is 0.839. The molecule has 0 aromatic heterocycles. The lowest BCUT2D eigenvalue weighted by Crippen LogP contribution is -2.50. The number of aryl methyl sites for hydroxylation is 1. The minimum atomic E-state index is 0.0570. The number of para-hydroxylation sites is 1. The monoisotopic (exact) mass is 391 g/mol. The van der Waals surface area contributed by atoms with Crippen molar-refractivity contribution in [2.75, 3.05) is 42.9 Å². The maximum absolute atomic E-state index is 12.5. The van der Waals surface area contributed by atoms with E-state index in [0.717, 1.165) is 13.1 Å². The van der Waals surface area contributed by atoms with E-state index in [9.17, 15) is 4.79 Å². The van der Waals surface area contributed by atoms with Gasteiger partial charge in [-0.25, -0.2) is 0 Å². The van der Waals surface area contributed by atoms with Crippen molar-refractivity contribution in [3.63, 3.8) is 0 Å². The lowest BCUT2D eigenvalue weighted by atomic mass is 10.1. The van der Waals surface area contributed by atoms with Gasteiger partial charge in [-0.3, -0.25) is 4.79 Å². The molecule has 2 aromatic rings. The molecule has 2 aromatic carbocycles. The highest BCUT2D eigenvalue weighted by atomic mass is 35.5. The number of hydrogen-bond acceptors (Lipinski definition) is 3. The summed E-state index contributed by atoms with van der Waals surface area (Å²) >= 11 is 12.3. The number of nitrogens with one attached hydrogen (secondary N) is 1. The first-order valence-corrected chi connectivity index (χ1v) is 9.50. The average Bonchev–Trinajstić information content (AvgIpc) is 2.63. The van der Waals surface area contributed by atoms with Gasteiger partial charge < -0.3 is 15.1 Å². The number of rotatable bonds is 4. The van der Waals surface area contributed by atoms with E-state index in [1.165, 1.54) is 16.8 Å². The van der Waals surface area contributed by atoms with Gasteiger partial charge in [0.25, 0.3) is 0 Å². The number of piperazine rings is 1. The number of nitrogens with zero attached hydrogens (tertiary/aromatic N) is 2. The minimum absolute atomic E-state index is 0.0570. The lowest BCUT2D eigenvalue weighted by Gasteiger charge is -2.37. The molecular formula is C20H23Cl2N3O. The highest BCUT2D eigenvalue weighted by molar-refractivity contribution is 6.39. The molecule has 1 fully saturated rings. The average molecular weight is 392 g/mol. The molecule has 4 nitrogen and oxygen atoms in total. The van der Waals surface area contributed by atoms with Gasteiger partial charge in [0.15, 0.2) is 0 Å². The van der Waals surface area contributed by atoms with Crippen LogP contribution in [0, 0.1) is 13.8 Å². The van der Waals surface area contributed by atoms with Gasteiger partial charge in [-0.05, 0) is 43.2 Å². The summed E-state index contributed by atoms with van der Waals surface area (Å²) in [6.45, 7) is 7.57. The molecule has 1 saturated heterocycles. The van der Waals surface area contributed by atoms with Crippen molar-refractivity contribution in [1.29, 1.82) is 0 Å². The molecule has 0 atom stereocenters. The second-order valence-electron chi connectivity index (χ2n) is 6.54. The molecule has 0 spiro atoms. The largest absolute Gasteiger partial charge is 0.374 e. The molecule has 1 amide bonds. The zero-order valence-electron chi connectivity index (χ0n) is 15.1. The van der Waals surface area contributed by atoms with Gasteiger partial charge in [-0.2, -0.15) is 0 Å². The fraction of sp³-hybridized carbons (Fsp3) is 0.350. The van der Waals surface area contributed by atoms with Crippen LogP contribution in [0.5, 0.6) is 0 Å². The van der Waals surface area contributed by atoms with E-state index in [4.69, 9.17) is 23.2 Å². The molecule has 3 rings (SSSR count). The van der Waals surface area contributed by atoms with Crippen LogP contribution in [0.2, 0.25) is 10.0 Å². The van der Waals surface area contributed by atoms with Crippen LogP contribution in [-0.4, -0.2) is 43.5 Å². The first-order chi connectivity index (χ1) is 12.5. The predicted octanol–water partition coefficient (Wildman–Crippen LogP) is 4.37. The lowest BCUT2D eigenvalue weighted by molar-refractivity contribution is -0.129. The number of anilines is 2. The summed E-state index contributed by atoms with van der Waals surface area (Å²) in [6, 6.07) is 11.7. The first kappa shape index (κ1) is 18.9. The molecule has 0 bridgehead atoms. The van der Waals surface area contributed by atoms with Gasteiger partial charge in [-0.15, -0.1) is 0 Å². The Balaban J connectivity index is 1.56. The maximum Gasteiger partial charge on any atom is 0.241 e. The van der Waals surface area contributed by atoms with Crippen molar-refractivity contribution < 1.29 is 4.79 Å². The third kappa shape index (κ3) is 4.08.